The van der Waals surface area contributed by atoms with Crippen LogP contribution >= 0.6 is 0 Å². The molecular formula is C17H15FO5. The number of furan rings is 1. The molecule has 0 saturated carbocycles. The Morgan fingerprint density at radius 1 is 1.30 bits per heavy atom. The van der Waals surface area contributed by atoms with Crippen molar-refractivity contribution in [1.29, 1.82) is 0 Å². The second kappa shape index (κ2) is 7.40. The van der Waals surface area contributed by atoms with E-state index in [0.29, 0.717) is 12.2 Å². The lowest BCUT2D eigenvalue weighted by Crippen LogP contribution is -2.15. The highest BCUT2D eigenvalue weighted by atomic mass is 19.1. The van der Waals surface area contributed by atoms with Crippen molar-refractivity contribution in [3.63, 3.8) is 0 Å². The van der Waals surface area contributed by atoms with Gasteiger partial charge in [0.15, 0.2) is 0 Å². The molecule has 23 heavy (non-hydrogen) atoms. The molecule has 2 aromatic rings. The Balaban J connectivity index is 2.07. The molecule has 0 amide bonds. The third kappa shape index (κ3) is 4.54. The number of halogens is 1. The first-order valence-electron chi connectivity index (χ1n) is 6.93. The van der Waals surface area contributed by atoms with E-state index in [9.17, 15) is 19.1 Å². The second-order valence-electron chi connectivity index (χ2n) is 4.72. The van der Waals surface area contributed by atoms with E-state index in [4.69, 9.17) is 4.42 Å². The number of carbonyl (C=O) groups is 2. The fourth-order valence-corrected chi connectivity index (χ4v) is 1.88. The maximum atomic E-state index is 12.8. The summed E-state index contributed by atoms with van der Waals surface area (Å²) < 4.78 is 22.7. The molecule has 1 aromatic carbocycles. The van der Waals surface area contributed by atoms with E-state index in [-0.39, 0.29) is 18.0 Å². The van der Waals surface area contributed by atoms with Gasteiger partial charge in [0.05, 0.1) is 12.2 Å². The summed E-state index contributed by atoms with van der Waals surface area (Å²) in [7, 11) is 0. The van der Waals surface area contributed by atoms with Crippen LogP contribution < -0.4 is 0 Å². The van der Waals surface area contributed by atoms with Gasteiger partial charge >= 0.3 is 5.97 Å². The van der Waals surface area contributed by atoms with E-state index < -0.39 is 17.5 Å². The van der Waals surface area contributed by atoms with Gasteiger partial charge in [-0.1, -0.05) is 12.1 Å². The first-order valence-corrected chi connectivity index (χ1v) is 6.93. The molecule has 0 aliphatic carbocycles. The SMILES string of the molecule is CCOC(=O)C(=O)/C=C(\O)c1coc(Cc2ccc(F)cc2)c1. The Bertz CT molecular complexity index is 728. The molecule has 2 rings (SSSR count). The molecule has 6 heteroatoms. The third-order valence-electron chi connectivity index (χ3n) is 2.99. The van der Waals surface area contributed by atoms with Crippen molar-refractivity contribution in [2.45, 2.75) is 13.3 Å². The first kappa shape index (κ1) is 16.5. The van der Waals surface area contributed by atoms with Crippen LogP contribution in [0.3, 0.4) is 0 Å². The zero-order valence-corrected chi connectivity index (χ0v) is 12.4. The van der Waals surface area contributed by atoms with Crippen LogP contribution in [0, 0.1) is 5.82 Å². The molecule has 120 valence electrons. The molecule has 0 saturated heterocycles. The lowest BCUT2D eigenvalue weighted by Gasteiger charge is -1.98. The minimum absolute atomic E-state index is 0.0761. The average molecular weight is 318 g/mol. The van der Waals surface area contributed by atoms with Crippen LogP contribution in [0.5, 0.6) is 0 Å². The monoisotopic (exact) mass is 318 g/mol. The van der Waals surface area contributed by atoms with Crippen molar-refractivity contribution in [3.05, 3.63) is 65.4 Å². The number of ketones is 1. The van der Waals surface area contributed by atoms with Crippen molar-refractivity contribution in [3.8, 4) is 0 Å². The van der Waals surface area contributed by atoms with Crippen LogP contribution in [0.4, 0.5) is 4.39 Å². The number of benzene rings is 1. The normalized spacial score (nSPS) is 11.3. The molecule has 1 aromatic heterocycles. The van der Waals surface area contributed by atoms with Gasteiger partial charge in [0.2, 0.25) is 0 Å². The molecule has 1 heterocycles. The number of hydrogen-bond donors (Lipinski definition) is 1. The third-order valence-corrected chi connectivity index (χ3v) is 2.99. The topological polar surface area (TPSA) is 76.7 Å². The summed E-state index contributed by atoms with van der Waals surface area (Å²) in [5.41, 5.74) is 1.10. The van der Waals surface area contributed by atoms with Crippen LogP contribution in [0.15, 0.2) is 47.1 Å². The lowest BCUT2D eigenvalue weighted by atomic mass is 10.1. The van der Waals surface area contributed by atoms with Crippen molar-refractivity contribution in [2.24, 2.45) is 0 Å². The zero-order chi connectivity index (χ0) is 16.8. The molecular weight excluding hydrogens is 303 g/mol. The molecule has 5 nitrogen and oxygen atoms in total. The molecule has 0 bridgehead atoms. The van der Waals surface area contributed by atoms with Crippen LogP contribution in [-0.4, -0.2) is 23.5 Å². The first-order chi connectivity index (χ1) is 11.0. The van der Waals surface area contributed by atoms with E-state index in [1.807, 2.05) is 0 Å². The summed E-state index contributed by atoms with van der Waals surface area (Å²) in [5, 5.41) is 9.85. The number of esters is 1. The average Bonchev–Trinajstić information content (AvgIpc) is 2.98. The highest BCUT2D eigenvalue weighted by Gasteiger charge is 2.15. The molecule has 0 atom stereocenters. The second-order valence-corrected chi connectivity index (χ2v) is 4.72. The summed E-state index contributed by atoms with van der Waals surface area (Å²) in [6.07, 6.45) is 2.45. The van der Waals surface area contributed by atoms with Crippen LogP contribution in [0.1, 0.15) is 23.8 Å². The molecule has 0 radical (unpaired) electrons. The van der Waals surface area contributed by atoms with E-state index in [1.165, 1.54) is 24.5 Å². The Morgan fingerprint density at radius 2 is 2.00 bits per heavy atom. The van der Waals surface area contributed by atoms with Gasteiger partial charge in [-0.2, -0.15) is 0 Å². The Hall–Kier alpha value is -2.89. The molecule has 0 unspecified atom stereocenters. The van der Waals surface area contributed by atoms with Gasteiger partial charge in [0.1, 0.15) is 23.6 Å². The number of carbonyl (C=O) groups excluding carboxylic acids is 2. The lowest BCUT2D eigenvalue weighted by molar-refractivity contribution is -0.151. The largest absolute Gasteiger partial charge is 0.507 e. The molecule has 0 aliphatic rings. The smallest absolute Gasteiger partial charge is 0.379 e. The zero-order valence-electron chi connectivity index (χ0n) is 12.4. The van der Waals surface area contributed by atoms with E-state index in [2.05, 4.69) is 4.74 Å². The predicted octanol–water partition coefficient (Wildman–Crippen LogP) is 3.04. The van der Waals surface area contributed by atoms with Gasteiger partial charge in [-0.3, -0.25) is 4.79 Å². The standard InChI is InChI=1S/C17H15FO5/c1-2-22-17(21)16(20)9-15(19)12-8-14(23-10-12)7-11-3-5-13(18)6-4-11/h3-6,8-10,19H,2,7H2,1H3/b15-9-. The van der Waals surface area contributed by atoms with Crippen molar-refractivity contribution in [2.75, 3.05) is 6.61 Å². The molecule has 0 spiro atoms. The predicted molar refractivity (Wildman–Crippen MR) is 80.2 cm³/mol. The van der Waals surface area contributed by atoms with Gasteiger partial charge in [0, 0.05) is 12.5 Å². The highest BCUT2D eigenvalue weighted by molar-refractivity contribution is 6.39. The molecule has 0 fully saturated rings. The number of aliphatic hydroxyl groups excluding tert-OH is 1. The highest BCUT2D eigenvalue weighted by Crippen LogP contribution is 2.18. The number of hydrogen-bond acceptors (Lipinski definition) is 5. The van der Waals surface area contributed by atoms with Crippen LogP contribution in [-0.2, 0) is 20.7 Å². The van der Waals surface area contributed by atoms with E-state index >= 15 is 0 Å². The summed E-state index contributed by atoms with van der Waals surface area (Å²) in [6.45, 7) is 1.65. The number of ether oxygens (including phenoxy) is 1. The molecule has 0 aliphatic heterocycles. The van der Waals surface area contributed by atoms with Crippen molar-refractivity contribution < 1.29 is 28.2 Å². The van der Waals surface area contributed by atoms with Gasteiger partial charge in [-0.15, -0.1) is 0 Å². The maximum Gasteiger partial charge on any atom is 0.379 e. The van der Waals surface area contributed by atoms with E-state index in [1.54, 1.807) is 19.1 Å². The van der Waals surface area contributed by atoms with Gasteiger partial charge in [0.25, 0.3) is 5.78 Å². The maximum absolute atomic E-state index is 12.8. The quantitative estimate of drug-likeness (QED) is 0.383. The van der Waals surface area contributed by atoms with Gasteiger partial charge in [-0.05, 0) is 30.7 Å². The van der Waals surface area contributed by atoms with Crippen LogP contribution in [0.2, 0.25) is 0 Å². The summed E-state index contributed by atoms with van der Waals surface area (Å²) in [5.74, 6) is -2.18. The minimum atomic E-state index is -1.03. The van der Waals surface area contributed by atoms with Crippen LogP contribution in [0.25, 0.3) is 5.76 Å². The Labute approximate surface area is 132 Å². The van der Waals surface area contributed by atoms with Crippen molar-refractivity contribution in [1.82, 2.24) is 0 Å². The Morgan fingerprint density at radius 3 is 2.65 bits per heavy atom. The van der Waals surface area contributed by atoms with Gasteiger partial charge < -0.3 is 14.3 Å². The van der Waals surface area contributed by atoms with E-state index in [0.717, 1.165) is 11.6 Å². The Kier molecular flexibility index (Phi) is 5.30. The fraction of sp³-hybridized carbons (Fsp3) is 0.176. The minimum Gasteiger partial charge on any atom is -0.507 e. The summed E-state index contributed by atoms with van der Waals surface area (Å²) in [6, 6.07) is 7.46. The molecule has 1 N–H and O–H groups in total. The van der Waals surface area contributed by atoms with Crippen molar-refractivity contribution >= 4 is 17.5 Å². The fourth-order valence-electron chi connectivity index (χ4n) is 1.88. The number of aliphatic hydroxyl groups is 1. The summed E-state index contributed by atoms with van der Waals surface area (Å²) >= 11 is 0. The number of rotatable bonds is 6. The summed E-state index contributed by atoms with van der Waals surface area (Å²) in [4.78, 5) is 22.7. The van der Waals surface area contributed by atoms with Gasteiger partial charge in [-0.25, -0.2) is 9.18 Å².